The number of pyridine rings is 1. The molecule has 3 heterocycles. The number of aryl methyl sites for hydroxylation is 2. The summed E-state index contributed by atoms with van der Waals surface area (Å²) in [6.45, 7) is 7.78. The first kappa shape index (κ1) is 20.2. The average molecular weight is 406 g/mol. The summed E-state index contributed by atoms with van der Waals surface area (Å²) in [5.74, 6) is -0.121. The van der Waals surface area contributed by atoms with Gasteiger partial charge >= 0.3 is 0 Å². The molecule has 7 heteroatoms. The zero-order valence-electron chi connectivity index (χ0n) is 17.5. The molecule has 1 saturated heterocycles. The minimum Gasteiger partial charge on any atom is -0.335 e. The molecule has 1 aromatic carbocycles. The van der Waals surface area contributed by atoms with Gasteiger partial charge < -0.3 is 4.90 Å². The van der Waals surface area contributed by atoms with Crippen molar-refractivity contribution in [2.45, 2.75) is 33.2 Å². The fourth-order valence-corrected chi connectivity index (χ4v) is 3.88. The van der Waals surface area contributed by atoms with Gasteiger partial charge in [0, 0.05) is 58.0 Å². The summed E-state index contributed by atoms with van der Waals surface area (Å²) in [4.78, 5) is 33.8. The second kappa shape index (κ2) is 8.75. The van der Waals surface area contributed by atoms with E-state index in [4.69, 9.17) is 0 Å². The maximum absolute atomic E-state index is 13.1. The van der Waals surface area contributed by atoms with Crippen LogP contribution in [0.1, 0.15) is 29.5 Å². The molecule has 30 heavy (non-hydrogen) atoms. The first-order valence-corrected chi connectivity index (χ1v) is 10.4. The highest BCUT2D eigenvalue weighted by Crippen LogP contribution is 2.26. The minimum absolute atomic E-state index is 0.0543. The Kier molecular flexibility index (Phi) is 5.90. The second-order valence-electron chi connectivity index (χ2n) is 7.97. The summed E-state index contributed by atoms with van der Waals surface area (Å²) in [6.07, 6.45) is 4.31. The number of carbonyl (C=O) groups excluding carboxylic acids is 2. The molecular weight excluding hydrogens is 378 g/mol. The molecule has 2 aliphatic rings. The van der Waals surface area contributed by atoms with E-state index >= 15 is 0 Å². The van der Waals surface area contributed by atoms with E-state index in [9.17, 15) is 9.59 Å². The van der Waals surface area contributed by atoms with Crippen molar-refractivity contribution in [3.63, 3.8) is 0 Å². The molecule has 1 aromatic heterocycles. The first-order chi connectivity index (χ1) is 14.5. The van der Waals surface area contributed by atoms with Crippen LogP contribution in [0.3, 0.4) is 0 Å². The summed E-state index contributed by atoms with van der Waals surface area (Å²) in [6, 6.07) is 9.97. The summed E-state index contributed by atoms with van der Waals surface area (Å²) in [5.41, 5.74) is 4.48. The zero-order valence-corrected chi connectivity index (χ0v) is 17.5. The van der Waals surface area contributed by atoms with E-state index in [0.29, 0.717) is 31.6 Å². The Morgan fingerprint density at radius 1 is 1.00 bits per heavy atom. The average Bonchev–Trinajstić information content (AvgIpc) is 2.77. The van der Waals surface area contributed by atoms with Crippen molar-refractivity contribution in [2.24, 2.45) is 5.10 Å². The molecule has 2 aliphatic heterocycles. The molecule has 0 saturated carbocycles. The van der Waals surface area contributed by atoms with Crippen LogP contribution in [0.15, 0.2) is 47.8 Å². The molecule has 7 nitrogen and oxygen atoms in total. The highest BCUT2D eigenvalue weighted by Gasteiger charge is 2.30. The van der Waals surface area contributed by atoms with Crippen molar-refractivity contribution in [1.29, 1.82) is 0 Å². The molecule has 1 fully saturated rings. The number of aromatic nitrogens is 1. The highest BCUT2D eigenvalue weighted by molar-refractivity contribution is 6.40. The molecular formula is C23H27N5O2. The third-order valence-electron chi connectivity index (χ3n) is 5.69. The van der Waals surface area contributed by atoms with Crippen molar-refractivity contribution in [3.05, 3.63) is 59.4 Å². The van der Waals surface area contributed by atoms with Gasteiger partial charge in [-0.05, 0) is 48.7 Å². The second-order valence-corrected chi connectivity index (χ2v) is 7.97. The fraction of sp³-hybridized carbons (Fsp3) is 0.391. The van der Waals surface area contributed by atoms with Crippen molar-refractivity contribution in [2.75, 3.05) is 31.2 Å². The molecule has 156 valence electrons. The Morgan fingerprint density at radius 2 is 1.73 bits per heavy atom. The number of nitrogens with zero attached hydrogens (tertiary/aromatic N) is 5. The number of rotatable bonds is 4. The van der Waals surface area contributed by atoms with Gasteiger partial charge in [-0.15, -0.1) is 0 Å². The lowest BCUT2D eigenvalue weighted by Gasteiger charge is -2.35. The van der Waals surface area contributed by atoms with Gasteiger partial charge in [0.25, 0.3) is 5.91 Å². The van der Waals surface area contributed by atoms with Crippen LogP contribution in [0.4, 0.5) is 5.69 Å². The van der Waals surface area contributed by atoms with E-state index in [1.165, 1.54) is 10.6 Å². The summed E-state index contributed by atoms with van der Waals surface area (Å²) >= 11 is 0. The molecule has 0 bridgehead atoms. The van der Waals surface area contributed by atoms with Crippen LogP contribution < -0.4 is 5.01 Å². The summed E-state index contributed by atoms with van der Waals surface area (Å²) in [7, 11) is 0. The Hall–Kier alpha value is -3.06. The van der Waals surface area contributed by atoms with E-state index in [1.54, 1.807) is 12.4 Å². The molecule has 0 aliphatic carbocycles. The normalized spacial score (nSPS) is 17.8. The first-order valence-electron chi connectivity index (χ1n) is 10.4. The molecule has 0 spiro atoms. The maximum atomic E-state index is 13.1. The van der Waals surface area contributed by atoms with E-state index in [0.717, 1.165) is 36.4 Å². The number of hydrazone groups is 1. The number of benzene rings is 1. The van der Waals surface area contributed by atoms with Crippen LogP contribution in [0.5, 0.6) is 0 Å². The standard InChI is InChI=1S/C23H27N5O2/c1-17-3-4-18(2)21(15-17)28-22(29)6-5-20(25-28)23(30)27-13-11-26(12-14-27)16-19-7-9-24-10-8-19/h3-4,7-10,15H,5-6,11-14,16H2,1-2H3. The lowest BCUT2D eigenvalue weighted by atomic mass is 10.1. The molecule has 4 rings (SSSR count). The number of carbonyl (C=O) groups is 2. The van der Waals surface area contributed by atoms with Gasteiger partial charge in [0.05, 0.1) is 5.69 Å². The molecule has 0 N–H and O–H groups in total. The minimum atomic E-state index is -0.0672. The Balaban J connectivity index is 1.43. The lowest BCUT2D eigenvalue weighted by molar-refractivity contribution is -0.126. The predicted molar refractivity (Wildman–Crippen MR) is 116 cm³/mol. The van der Waals surface area contributed by atoms with Crippen LogP contribution in [0.25, 0.3) is 0 Å². The number of hydrogen-bond acceptors (Lipinski definition) is 5. The van der Waals surface area contributed by atoms with Gasteiger partial charge in [-0.1, -0.05) is 12.1 Å². The van der Waals surface area contributed by atoms with Crippen LogP contribution >= 0.6 is 0 Å². The van der Waals surface area contributed by atoms with Crippen LogP contribution in [-0.2, 0) is 16.1 Å². The number of amides is 2. The third-order valence-corrected chi connectivity index (χ3v) is 5.69. The van der Waals surface area contributed by atoms with E-state index in [1.807, 2.05) is 49.1 Å². The zero-order chi connectivity index (χ0) is 21.1. The summed E-state index contributed by atoms with van der Waals surface area (Å²) in [5, 5.41) is 5.90. The van der Waals surface area contributed by atoms with Gasteiger partial charge in [-0.2, -0.15) is 5.10 Å². The van der Waals surface area contributed by atoms with Crippen molar-refractivity contribution in [1.82, 2.24) is 14.8 Å². The molecule has 0 radical (unpaired) electrons. The Morgan fingerprint density at radius 3 is 2.47 bits per heavy atom. The fourth-order valence-electron chi connectivity index (χ4n) is 3.88. The third kappa shape index (κ3) is 4.41. The maximum Gasteiger partial charge on any atom is 0.270 e. The SMILES string of the molecule is Cc1ccc(C)c(N2N=C(C(=O)N3CCN(Cc4ccncc4)CC3)CCC2=O)c1. The van der Waals surface area contributed by atoms with Crippen molar-refractivity contribution >= 4 is 23.2 Å². The van der Waals surface area contributed by atoms with Crippen LogP contribution in [0.2, 0.25) is 0 Å². The van der Waals surface area contributed by atoms with Gasteiger partial charge in [-0.3, -0.25) is 19.5 Å². The topological polar surface area (TPSA) is 69.1 Å². The van der Waals surface area contributed by atoms with Gasteiger partial charge in [0.2, 0.25) is 5.91 Å². The van der Waals surface area contributed by atoms with Gasteiger partial charge in [0.15, 0.2) is 0 Å². The highest BCUT2D eigenvalue weighted by atomic mass is 16.2. The lowest BCUT2D eigenvalue weighted by Crippen LogP contribution is -2.51. The van der Waals surface area contributed by atoms with Crippen LogP contribution in [0, 0.1) is 13.8 Å². The molecule has 2 amide bonds. The van der Waals surface area contributed by atoms with Gasteiger partial charge in [0.1, 0.15) is 5.71 Å². The smallest absolute Gasteiger partial charge is 0.270 e. The van der Waals surface area contributed by atoms with Crippen molar-refractivity contribution < 1.29 is 9.59 Å². The summed E-state index contributed by atoms with van der Waals surface area (Å²) < 4.78 is 0. The number of anilines is 1. The Labute approximate surface area is 177 Å². The number of piperazine rings is 1. The quantitative estimate of drug-likeness (QED) is 0.784. The van der Waals surface area contributed by atoms with Gasteiger partial charge in [-0.25, -0.2) is 5.01 Å². The van der Waals surface area contributed by atoms with E-state index < -0.39 is 0 Å². The number of hydrogen-bond donors (Lipinski definition) is 0. The predicted octanol–water partition coefficient (Wildman–Crippen LogP) is 2.53. The molecule has 2 aromatic rings. The Bertz CT molecular complexity index is 965. The largest absolute Gasteiger partial charge is 0.335 e. The molecule has 0 unspecified atom stereocenters. The molecule has 0 atom stereocenters. The monoisotopic (exact) mass is 405 g/mol. The van der Waals surface area contributed by atoms with E-state index in [2.05, 4.69) is 15.0 Å². The van der Waals surface area contributed by atoms with Crippen LogP contribution in [-0.4, -0.2) is 58.5 Å². The van der Waals surface area contributed by atoms with E-state index in [-0.39, 0.29) is 11.8 Å². The van der Waals surface area contributed by atoms with Crippen molar-refractivity contribution in [3.8, 4) is 0 Å².